The lowest BCUT2D eigenvalue weighted by Gasteiger charge is -2.35. The standard InChI is InChI=1S/C41H50N6O9/c1-8-41(54)31-17-28-22(5)33-36(45-28)34(38(51)47(37(33)50)15-11-10-12-25(42)39(52)56-9-2)35-23(13-14-32(49)55-7)20(3)27(44-35)16-26-21(4)24(19-48)29(43-26)18-30(46-31)40(41,6)53/h16-17,19-20,23,25,50,53-54H,8-15,18,42H2,1-7H3/t20-,23-,25?,40?,41?/m0/s1. The molecule has 0 spiro atoms. The largest absolute Gasteiger partial charge is 0.494 e. The minimum atomic E-state index is -1.86. The predicted octanol–water partition coefficient (Wildman–Crippen LogP) is 2.24. The van der Waals surface area contributed by atoms with E-state index in [-0.39, 0.29) is 72.6 Å². The number of hydrogen-bond acceptors (Lipinski definition) is 14. The van der Waals surface area contributed by atoms with E-state index in [9.17, 15) is 34.5 Å². The van der Waals surface area contributed by atoms with Crippen molar-refractivity contribution in [2.45, 2.75) is 110 Å². The molecular weight excluding hydrogens is 720 g/mol. The highest BCUT2D eigenvalue weighted by molar-refractivity contribution is 6.26. The normalized spacial score (nSPS) is 25.7. The molecule has 3 unspecified atom stereocenters. The van der Waals surface area contributed by atoms with Gasteiger partial charge in [0.15, 0.2) is 6.29 Å². The van der Waals surface area contributed by atoms with Crippen LogP contribution >= 0.6 is 0 Å². The van der Waals surface area contributed by atoms with Crippen LogP contribution in [0.2, 0.25) is 0 Å². The predicted molar refractivity (Wildman–Crippen MR) is 209 cm³/mol. The third-order valence-electron chi connectivity index (χ3n) is 11.9. The number of aliphatic hydroxyl groups is 2. The first-order valence-electron chi connectivity index (χ1n) is 19.1. The zero-order chi connectivity index (χ0) is 40.9. The zero-order valence-corrected chi connectivity index (χ0v) is 32.9. The molecule has 1 aromatic rings. The Morgan fingerprint density at radius 2 is 1.84 bits per heavy atom. The van der Waals surface area contributed by atoms with Gasteiger partial charge in [-0.1, -0.05) is 13.8 Å². The van der Waals surface area contributed by atoms with Crippen molar-refractivity contribution in [3.8, 4) is 5.88 Å². The molecule has 1 aromatic heterocycles. The Morgan fingerprint density at radius 3 is 2.50 bits per heavy atom. The number of aromatic nitrogens is 1. The minimum Gasteiger partial charge on any atom is -0.494 e. The second-order valence-electron chi connectivity index (χ2n) is 15.1. The molecule has 15 heteroatoms. The Bertz CT molecular complexity index is 2320. The molecule has 0 aliphatic carbocycles. The fourth-order valence-electron chi connectivity index (χ4n) is 8.23. The van der Waals surface area contributed by atoms with Crippen LogP contribution in [0.5, 0.6) is 5.88 Å². The first-order chi connectivity index (χ1) is 26.5. The first kappa shape index (κ1) is 40.5. The summed E-state index contributed by atoms with van der Waals surface area (Å²) in [5.41, 5.74) is 5.85. The average Bonchev–Trinajstić information content (AvgIpc) is 3.81. The molecule has 298 valence electrons. The van der Waals surface area contributed by atoms with Gasteiger partial charge in [-0.3, -0.25) is 38.7 Å². The van der Waals surface area contributed by atoms with E-state index in [1.54, 1.807) is 39.8 Å². The Morgan fingerprint density at radius 1 is 1.11 bits per heavy atom. The van der Waals surface area contributed by atoms with E-state index in [0.29, 0.717) is 76.3 Å². The van der Waals surface area contributed by atoms with Crippen molar-refractivity contribution in [2.24, 2.45) is 37.5 Å². The fraction of sp³-hybridized carbons (Fsp3) is 0.512. The Kier molecular flexibility index (Phi) is 11.2. The number of hydrogen-bond donors (Lipinski definition) is 4. The highest BCUT2D eigenvalue weighted by atomic mass is 16.5. The van der Waals surface area contributed by atoms with E-state index in [2.05, 4.69) is 0 Å². The van der Waals surface area contributed by atoms with Crippen molar-refractivity contribution in [1.82, 2.24) is 4.57 Å². The van der Waals surface area contributed by atoms with Crippen LogP contribution in [0.15, 0.2) is 65.2 Å². The van der Waals surface area contributed by atoms with E-state index in [1.807, 2.05) is 6.92 Å². The highest BCUT2D eigenvalue weighted by Crippen LogP contribution is 2.44. The number of aliphatic imine (C=N–C) groups is 3. The van der Waals surface area contributed by atoms with Gasteiger partial charge in [0.1, 0.15) is 17.2 Å². The van der Waals surface area contributed by atoms with Crippen molar-refractivity contribution in [2.75, 3.05) is 13.7 Å². The molecule has 0 fully saturated rings. The molecule has 6 heterocycles. The van der Waals surface area contributed by atoms with E-state index in [4.69, 9.17) is 35.2 Å². The smallest absolute Gasteiger partial charge is 0.322 e. The number of carbonyl (C=O) groups is 3. The monoisotopic (exact) mass is 770 g/mol. The molecule has 0 radical (unpaired) electrons. The number of ether oxygens (including phenoxy) is 2. The lowest BCUT2D eigenvalue weighted by Crippen LogP contribution is -2.54. The molecule has 15 nitrogen and oxygen atoms in total. The van der Waals surface area contributed by atoms with Crippen LogP contribution in [0, 0.1) is 11.8 Å². The second-order valence-corrected chi connectivity index (χ2v) is 15.1. The molecule has 8 bridgehead atoms. The molecule has 5 atom stereocenters. The lowest BCUT2D eigenvalue weighted by molar-refractivity contribution is -0.145. The van der Waals surface area contributed by atoms with Crippen molar-refractivity contribution in [3.63, 3.8) is 0 Å². The van der Waals surface area contributed by atoms with Gasteiger partial charge in [0.2, 0.25) is 5.88 Å². The molecule has 5 aliphatic rings. The first-order valence-corrected chi connectivity index (χ1v) is 19.1. The summed E-state index contributed by atoms with van der Waals surface area (Å²) in [6, 6.07) is -0.831. The summed E-state index contributed by atoms with van der Waals surface area (Å²) in [6.07, 6.45) is 5.54. The summed E-state index contributed by atoms with van der Waals surface area (Å²) in [7, 11) is 1.31. The van der Waals surface area contributed by atoms with Gasteiger partial charge in [0, 0.05) is 42.5 Å². The molecule has 0 aromatic carbocycles. The van der Waals surface area contributed by atoms with Crippen LogP contribution in [0.4, 0.5) is 0 Å². The quantitative estimate of drug-likeness (QED) is 0.138. The van der Waals surface area contributed by atoms with Gasteiger partial charge in [-0.25, -0.2) is 4.99 Å². The molecule has 56 heavy (non-hydrogen) atoms. The molecule has 0 amide bonds. The number of fused-ring (bicyclic) bond motifs is 4. The number of nitrogens with zero attached hydrogens (tertiary/aromatic N) is 5. The van der Waals surface area contributed by atoms with E-state index in [0.717, 1.165) is 0 Å². The molecule has 6 rings (SSSR count). The Hall–Kier alpha value is -5.12. The number of aldehydes is 1. The van der Waals surface area contributed by atoms with E-state index >= 15 is 0 Å². The summed E-state index contributed by atoms with van der Waals surface area (Å²) >= 11 is 0. The maximum atomic E-state index is 14.8. The lowest BCUT2D eigenvalue weighted by atomic mass is 9.77. The number of pyridine rings is 1. The van der Waals surface area contributed by atoms with Crippen LogP contribution in [-0.4, -0.2) is 86.2 Å². The van der Waals surface area contributed by atoms with Gasteiger partial charge >= 0.3 is 11.9 Å². The maximum absolute atomic E-state index is 14.8. The van der Waals surface area contributed by atoms with Crippen molar-refractivity contribution in [1.29, 1.82) is 0 Å². The van der Waals surface area contributed by atoms with Crippen LogP contribution < -0.4 is 21.9 Å². The number of nitrogens with two attached hydrogens (primary N) is 1. The fourth-order valence-corrected chi connectivity index (χ4v) is 8.23. The molecule has 0 saturated heterocycles. The van der Waals surface area contributed by atoms with Crippen molar-refractivity contribution < 1.29 is 39.2 Å². The molecule has 5 aliphatic heterocycles. The Labute approximate surface area is 324 Å². The second kappa shape index (κ2) is 15.4. The molecular formula is C41H50N6O9. The van der Waals surface area contributed by atoms with Crippen LogP contribution in [0.1, 0.15) is 92.1 Å². The van der Waals surface area contributed by atoms with Gasteiger partial charge in [0.05, 0.1) is 64.1 Å². The van der Waals surface area contributed by atoms with Crippen LogP contribution in [0.25, 0.3) is 11.3 Å². The van der Waals surface area contributed by atoms with Crippen molar-refractivity contribution in [3.05, 3.63) is 66.9 Å². The van der Waals surface area contributed by atoms with Crippen molar-refractivity contribution >= 4 is 46.6 Å². The maximum Gasteiger partial charge on any atom is 0.322 e. The number of rotatable bonds is 12. The van der Waals surface area contributed by atoms with E-state index in [1.165, 1.54) is 18.6 Å². The average molecular weight is 771 g/mol. The van der Waals surface area contributed by atoms with Gasteiger partial charge in [-0.05, 0) is 83.1 Å². The van der Waals surface area contributed by atoms with Gasteiger partial charge < -0.3 is 30.5 Å². The topological polar surface area (TPSA) is 228 Å². The van der Waals surface area contributed by atoms with Gasteiger partial charge in [-0.2, -0.15) is 0 Å². The number of methoxy groups -OCH3 is 1. The van der Waals surface area contributed by atoms with Gasteiger partial charge in [0.25, 0.3) is 5.56 Å². The molecule has 0 saturated carbocycles. The number of carbonyl (C=O) groups excluding carboxylic acids is 3. The summed E-state index contributed by atoms with van der Waals surface area (Å²) in [6.45, 7) is 10.6. The van der Waals surface area contributed by atoms with Crippen LogP contribution in [0.3, 0.4) is 0 Å². The molecule has 5 N–H and O–H groups in total. The number of aromatic hydroxyl groups is 1. The summed E-state index contributed by atoms with van der Waals surface area (Å²) < 4.78 is 11.3. The number of unbranched alkanes of at least 4 members (excludes halogenated alkanes) is 1. The zero-order valence-electron chi connectivity index (χ0n) is 32.9. The SMILES string of the molecule is CCOC(=O)C(N)CCCCn1c(O)c2c3c(c1=O)=C1N=C(C=C4N=C(CC5=NC(=CC(=C2C)N=3)C(O)(CC)C5(C)O)C(C=O)=C4C)[C@@H](C)[C@@H]1CCC(=O)OC. The third-order valence-corrected chi connectivity index (χ3v) is 11.9. The third kappa shape index (κ3) is 6.64. The van der Waals surface area contributed by atoms with Gasteiger partial charge in [-0.15, -0.1) is 0 Å². The van der Waals surface area contributed by atoms with Crippen LogP contribution in [-0.2, 0) is 30.4 Å². The summed E-state index contributed by atoms with van der Waals surface area (Å²) in [5.74, 6) is -2.05. The highest BCUT2D eigenvalue weighted by Gasteiger charge is 2.56. The summed E-state index contributed by atoms with van der Waals surface area (Å²) in [5, 5.41) is 36.2. The Balaban J connectivity index is 1.64. The number of allylic oxidation sites excluding steroid dienone is 5. The van der Waals surface area contributed by atoms with E-state index < -0.39 is 40.7 Å². The summed E-state index contributed by atoms with van der Waals surface area (Å²) in [4.78, 5) is 71.4. The minimum absolute atomic E-state index is 0.0267. The number of esters is 2.